The molecule has 0 aromatic heterocycles. The van der Waals surface area contributed by atoms with Crippen LogP contribution in [0.3, 0.4) is 0 Å². The highest BCUT2D eigenvalue weighted by Crippen LogP contribution is 2.21. The van der Waals surface area contributed by atoms with Gasteiger partial charge in [0.2, 0.25) is 0 Å². The number of anilines is 2. The summed E-state index contributed by atoms with van der Waals surface area (Å²) in [7, 11) is 3.76. The summed E-state index contributed by atoms with van der Waals surface area (Å²) in [6.45, 7) is 11.1. The van der Waals surface area contributed by atoms with E-state index in [2.05, 4.69) is 13.2 Å². The molecule has 0 aliphatic heterocycles. The van der Waals surface area contributed by atoms with Crippen molar-refractivity contribution in [1.29, 1.82) is 10.5 Å². The largest absolute Gasteiger partial charge is 0.374 e. The Morgan fingerprint density at radius 2 is 1.20 bits per heavy atom. The van der Waals surface area contributed by atoms with Gasteiger partial charge in [0.05, 0.1) is 22.9 Å². The Bertz CT molecular complexity index is 1360. The van der Waals surface area contributed by atoms with Crippen molar-refractivity contribution < 1.29 is 13.2 Å². The first-order valence-corrected chi connectivity index (χ1v) is 13.2. The van der Waals surface area contributed by atoms with Gasteiger partial charge in [0.15, 0.2) is 0 Å². The van der Waals surface area contributed by atoms with Crippen molar-refractivity contribution in [2.24, 2.45) is 5.73 Å². The van der Waals surface area contributed by atoms with E-state index in [4.69, 9.17) is 16.3 Å². The zero-order valence-electron chi connectivity index (χ0n) is 24.0. The number of benzene rings is 3. The van der Waals surface area contributed by atoms with Gasteiger partial charge in [-0.2, -0.15) is 10.5 Å². The summed E-state index contributed by atoms with van der Waals surface area (Å²) in [5.74, 6) is -0.831. The summed E-state index contributed by atoms with van der Waals surface area (Å²) in [5.41, 5.74) is 9.87. The molecule has 3 rings (SSSR count). The Balaban J connectivity index is 0.000000312. The number of halogens is 3. The van der Waals surface area contributed by atoms with Crippen molar-refractivity contribution in [2.45, 2.75) is 32.7 Å². The average molecular weight is 562 g/mol. The quantitative estimate of drug-likeness (QED) is 0.264. The van der Waals surface area contributed by atoms with E-state index in [0.717, 1.165) is 42.7 Å². The molecule has 0 fully saturated rings. The second-order valence-electron chi connectivity index (χ2n) is 9.02. The maximum atomic E-state index is 13.1. The first kappa shape index (κ1) is 34.5. The fraction of sp³-hybridized carbons (Fsp3) is 0.273. The summed E-state index contributed by atoms with van der Waals surface area (Å²) >= 11 is 0. The monoisotopic (exact) mass is 561 g/mol. The molecule has 0 bridgehead atoms. The Morgan fingerprint density at radius 1 is 0.732 bits per heavy atom. The standard InChI is InChI=1S/C12H17FN2.C12H13FN2.C9H8FN/c2*1-3-4-7-15(2)12-8-11(13)6-5-10(12)9-14;1-2-7-5-9(10)4-3-8(7)6-11/h3,5-6,8H,1,4,7,9,14H2,2H3;3,5-6,8H,1,4,7H2,2H3;3-5H,2H2,1H3. The van der Waals surface area contributed by atoms with E-state index in [1.165, 1.54) is 48.5 Å². The molecular formula is C33H38F3N5. The van der Waals surface area contributed by atoms with Crippen molar-refractivity contribution in [3.8, 4) is 12.1 Å². The number of hydrogen-bond acceptors (Lipinski definition) is 5. The Kier molecular flexibility index (Phi) is 15.7. The van der Waals surface area contributed by atoms with Gasteiger partial charge in [-0.3, -0.25) is 0 Å². The molecule has 0 atom stereocenters. The van der Waals surface area contributed by atoms with E-state index < -0.39 is 0 Å². The Morgan fingerprint density at radius 3 is 1.68 bits per heavy atom. The molecule has 0 radical (unpaired) electrons. The van der Waals surface area contributed by atoms with Crippen LogP contribution in [-0.2, 0) is 13.0 Å². The van der Waals surface area contributed by atoms with E-state index in [0.29, 0.717) is 29.8 Å². The molecule has 41 heavy (non-hydrogen) atoms. The molecule has 0 heterocycles. The lowest BCUT2D eigenvalue weighted by Gasteiger charge is -2.21. The highest BCUT2D eigenvalue weighted by Gasteiger charge is 2.08. The topological polar surface area (TPSA) is 80.1 Å². The summed E-state index contributed by atoms with van der Waals surface area (Å²) in [4.78, 5) is 3.84. The zero-order chi connectivity index (χ0) is 30.8. The molecule has 0 unspecified atom stereocenters. The first-order chi connectivity index (χ1) is 19.6. The van der Waals surface area contributed by atoms with Gasteiger partial charge in [-0.1, -0.05) is 25.1 Å². The van der Waals surface area contributed by atoms with Gasteiger partial charge in [-0.15, -0.1) is 13.2 Å². The van der Waals surface area contributed by atoms with Crippen molar-refractivity contribution in [1.82, 2.24) is 0 Å². The minimum Gasteiger partial charge on any atom is -0.374 e. The second-order valence-corrected chi connectivity index (χ2v) is 9.02. The molecule has 5 nitrogen and oxygen atoms in total. The summed E-state index contributed by atoms with van der Waals surface area (Å²) in [5, 5.41) is 17.4. The van der Waals surface area contributed by atoms with E-state index in [9.17, 15) is 13.2 Å². The van der Waals surface area contributed by atoms with E-state index >= 15 is 0 Å². The van der Waals surface area contributed by atoms with Gasteiger partial charge in [-0.25, -0.2) is 13.2 Å². The van der Waals surface area contributed by atoms with Gasteiger partial charge in [0, 0.05) is 39.4 Å². The van der Waals surface area contributed by atoms with Crippen LogP contribution in [0.4, 0.5) is 24.5 Å². The maximum Gasteiger partial charge on any atom is 0.125 e. The summed E-state index contributed by atoms with van der Waals surface area (Å²) < 4.78 is 38.6. The Hall–Kier alpha value is -4.53. The molecule has 3 aromatic rings. The van der Waals surface area contributed by atoms with Gasteiger partial charge in [0.1, 0.15) is 23.5 Å². The van der Waals surface area contributed by atoms with Gasteiger partial charge in [0.25, 0.3) is 0 Å². The minimum atomic E-state index is -0.325. The molecular weight excluding hydrogens is 523 g/mol. The number of nitrogens with two attached hydrogens (primary N) is 1. The van der Waals surface area contributed by atoms with E-state index in [-0.39, 0.29) is 17.5 Å². The number of nitrogens with zero attached hydrogens (tertiary/aromatic N) is 4. The predicted octanol–water partition coefficient (Wildman–Crippen LogP) is 7.27. The van der Waals surface area contributed by atoms with Crippen LogP contribution in [0, 0.1) is 40.1 Å². The lowest BCUT2D eigenvalue weighted by molar-refractivity contribution is 0.625. The van der Waals surface area contributed by atoms with Crippen molar-refractivity contribution in [3.05, 3.63) is 120 Å². The summed E-state index contributed by atoms with van der Waals surface area (Å²) in [6.07, 6.45) is 6.01. The molecule has 0 aliphatic rings. The predicted molar refractivity (Wildman–Crippen MR) is 162 cm³/mol. The molecule has 216 valence electrons. The first-order valence-electron chi connectivity index (χ1n) is 13.2. The highest BCUT2D eigenvalue weighted by atomic mass is 19.1. The number of aryl methyl sites for hydroxylation is 1. The van der Waals surface area contributed by atoms with E-state index in [1.807, 2.05) is 49.0 Å². The molecule has 2 N–H and O–H groups in total. The lowest BCUT2D eigenvalue weighted by atomic mass is 10.1. The van der Waals surface area contributed by atoms with Crippen LogP contribution in [0.25, 0.3) is 0 Å². The van der Waals surface area contributed by atoms with Crippen LogP contribution in [0.5, 0.6) is 0 Å². The molecule has 8 heteroatoms. The van der Waals surface area contributed by atoms with Crippen molar-refractivity contribution >= 4 is 11.4 Å². The lowest BCUT2D eigenvalue weighted by Crippen LogP contribution is -2.20. The second kappa shape index (κ2) is 18.7. The van der Waals surface area contributed by atoms with Crippen LogP contribution in [0.2, 0.25) is 0 Å². The smallest absolute Gasteiger partial charge is 0.125 e. The van der Waals surface area contributed by atoms with Gasteiger partial charge >= 0.3 is 0 Å². The zero-order valence-corrected chi connectivity index (χ0v) is 24.0. The number of nitriles is 2. The van der Waals surface area contributed by atoms with Gasteiger partial charge in [-0.05, 0) is 78.9 Å². The number of rotatable bonds is 10. The number of hydrogen-bond donors (Lipinski definition) is 1. The molecule has 0 saturated heterocycles. The van der Waals surface area contributed by atoms with Crippen molar-refractivity contribution in [3.63, 3.8) is 0 Å². The normalized spacial score (nSPS) is 9.59. The molecule has 0 spiro atoms. The van der Waals surface area contributed by atoms with Crippen LogP contribution in [0.1, 0.15) is 42.0 Å². The van der Waals surface area contributed by atoms with Crippen LogP contribution in [-0.4, -0.2) is 27.2 Å². The third kappa shape index (κ3) is 11.6. The SMILES string of the molecule is C=CCCN(C)c1cc(F)ccc1C#N.C=CCCN(C)c1cc(F)ccc1CN.CCc1cc(F)ccc1C#N. The van der Waals surface area contributed by atoms with Crippen LogP contribution < -0.4 is 15.5 Å². The van der Waals surface area contributed by atoms with Gasteiger partial charge < -0.3 is 15.5 Å². The highest BCUT2D eigenvalue weighted by molar-refractivity contribution is 5.59. The molecule has 0 saturated carbocycles. The van der Waals surface area contributed by atoms with E-state index in [1.54, 1.807) is 12.1 Å². The third-order valence-corrected chi connectivity index (χ3v) is 6.08. The average Bonchev–Trinajstić information content (AvgIpc) is 2.99. The molecule has 0 amide bonds. The summed E-state index contributed by atoms with van der Waals surface area (Å²) in [6, 6.07) is 17.1. The van der Waals surface area contributed by atoms with Crippen molar-refractivity contribution in [2.75, 3.05) is 37.0 Å². The molecule has 0 aliphatic carbocycles. The van der Waals surface area contributed by atoms with Crippen LogP contribution >= 0.6 is 0 Å². The van der Waals surface area contributed by atoms with Crippen LogP contribution in [0.15, 0.2) is 79.9 Å². The fourth-order valence-electron chi connectivity index (χ4n) is 3.75. The maximum absolute atomic E-state index is 13.1. The minimum absolute atomic E-state index is 0.229. The third-order valence-electron chi connectivity index (χ3n) is 6.08. The fourth-order valence-corrected chi connectivity index (χ4v) is 3.75. The molecule has 3 aromatic carbocycles. The Labute approximate surface area is 242 Å².